The average molecular weight is 242 g/mol. The molecule has 0 bridgehead atoms. The Morgan fingerprint density at radius 1 is 1.40 bits per heavy atom. The fraction of sp³-hybridized carbons (Fsp3) is 0.0909. The molecule has 0 radical (unpaired) electrons. The molecule has 2 aromatic rings. The second-order valence-electron chi connectivity index (χ2n) is 3.28. The van der Waals surface area contributed by atoms with E-state index in [1.807, 2.05) is 18.4 Å². The van der Waals surface area contributed by atoms with E-state index in [4.69, 9.17) is 17.3 Å². The van der Waals surface area contributed by atoms with E-state index in [0.717, 1.165) is 10.4 Å². The second kappa shape index (κ2) is 3.83. The quantitative estimate of drug-likeness (QED) is 0.748. The van der Waals surface area contributed by atoms with Crippen LogP contribution in [0.1, 0.15) is 5.56 Å². The summed E-state index contributed by atoms with van der Waals surface area (Å²) in [6.45, 7) is 1.96. The van der Waals surface area contributed by atoms with E-state index < -0.39 is 0 Å². The van der Waals surface area contributed by atoms with Crippen LogP contribution in [0.25, 0.3) is 10.4 Å². The van der Waals surface area contributed by atoms with Gasteiger partial charge in [-0.3, -0.25) is 0 Å². The van der Waals surface area contributed by atoms with E-state index in [2.05, 4.69) is 0 Å². The molecule has 0 aliphatic heterocycles. The molecule has 0 aliphatic carbocycles. The van der Waals surface area contributed by atoms with Crippen molar-refractivity contribution >= 4 is 28.6 Å². The summed E-state index contributed by atoms with van der Waals surface area (Å²) in [5.74, 6) is -0.364. The van der Waals surface area contributed by atoms with E-state index in [1.54, 1.807) is 0 Å². The van der Waals surface area contributed by atoms with Gasteiger partial charge in [-0.15, -0.1) is 11.3 Å². The minimum absolute atomic E-state index is 0.262. The fourth-order valence-electron chi connectivity index (χ4n) is 1.42. The zero-order valence-electron chi connectivity index (χ0n) is 8.05. The minimum Gasteiger partial charge on any atom is -0.397 e. The molecule has 4 heteroatoms. The van der Waals surface area contributed by atoms with E-state index in [-0.39, 0.29) is 10.8 Å². The van der Waals surface area contributed by atoms with Crippen molar-refractivity contribution in [3.8, 4) is 10.4 Å². The molecule has 0 fully saturated rings. The maximum Gasteiger partial charge on any atom is 0.125 e. The number of nitrogens with two attached hydrogens (primary N) is 1. The lowest BCUT2D eigenvalue weighted by atomic mass is 10.1. The molecule has 1 heterocycles. The van der Waals surface area contributed by atoms with Crippen LogP contribution in [0.3, 0.4) is 0 Å². The lowest BCUT2D eigenvalue weighted by molar-refractivity contribution is 0.628. The van der Waals surface area contributed by atoms with E-state index in [0.29, 0.717) is 11.3 Å². The van der Waals surface area contributed by atoms with E-state index >= 15 is 0 Å². The summed E-state index contributed by atoms with van der Waals surface area (Å²) in [6, 6.07) is 4.61. The van der Waals surface area contributed by atoms with Gasteiger partial charge in [-0.2, -0.15) is 0 Å². The summed E-state index contributed by atoms with van der Waals surface area (Å²) in [5.41, 5.74) is 8.00. The molecule has 0 amide bonds. The predicted octanol–water partition coefficient (Wildman–Crippen LogP) is 4.10. The van der Waals surface area contributed by atoms with Crippen molar-refractivity contribution in [3.63, 3.8) is 0 Å². The van der Waals surface area contributed by atoms with Crippen LogP contribution < -0.4 is 5.73 Å². The molecule has 0 unspecified atom stereocenters. The van der Waals surface area contributed by atoms with Crippen LogP contribution >= 0.6 is 22.9 Å². The molecule has 2 N–H and O–H groups in total. The van der Waals surface area contributed by atoms with Crippen molar-refractivity contribution < 1.29 is 4.39 Å². The highest BCUT2D eigenvalue weighted by atomic mass is 35.5. The summed E-state index contributed by atoms with van der Waals surface area (Å²) < 4.78 is 13.2. The number of nitrogen functional groups attached to an aromatic ring is 1. The largest absolute Gasteiger partial charge is 0.397 e. The van der Waals surface area contributed by atoms with Gasteiger partial charge in [0.1, 0.15) is 5.82 Å². The van der Waals surface area contributed by atoms with Crippen LogP contribution in [0, 0.1) is 12.7 Å². The Bertz CT molecular complexity index is 507. The van der Waals surface area contributed by atoms with Crippen LogP contribution in [0.15, 0.2) is 23.6 Å². The Labute approximate surface area is 96.3 Å². The number of hydrogen-bond acceptors (Lipinski definition) is 2. The SMILES string of the molecule is Cc1ccsc1-c1cc(F)cc(Cl)c1N. The zero-order chi connectivity index (χ0) is 11.0. The molecule has 1 aromatic heterocycles. The summed E-state index contributed by atoms with van der Waals surface area (Å²) in [6.07, 6.45) is 0. The molecule has 2 rings (SSSR count). The van der Waals surface area contributed by atoms with Gasteiger partial charge in [-0.05, 0) is 36.1 Å². The van der Waals surface area contributed by atoms with Crippen molar-refractivity contribution in [2.45, 2.75) is 6.92 Å². The van der Waals surface area contributed by atoms with E-state index in [9.17, 15) is 4.39 Å². The summed E-state index contributed by atoms with van der Waals surface area (Å²) in [4.78, 5) is 0.967. The Morgan fingerprint density at radius 2 is 2.13 bits per heavy atom. The van der Waals surface area contributed by atoms with Gasteiger partial charge in [0.25, 0.3) is 0 Å². The third-order valence-corrected chi connectivity index (χ3v) is 3.56. The number of thiophene rings is 1. The number of hydrogen-bond donors (Lipinski definition) is 1. The van der Waals surface area contributed by atoms with Gasteiger partial charge in [0.05, 0.1) is 10.7 Å². The Morgan fingerprint density at radius 3 is 2.73 bits per heavy atom. The molecule has 0 saturated heterocycles. The van der Waals surface area contributed by atoms with Gasteiger partial charge in [0.15, 0.2) is 0 Å². The highest BCUT2D eigenvalue weighted by molar-refractivity contribution is 7.13. The normalized spacial score (nSPS) is 10.6. The van der Waals surface area contributed by atoms with Crippen LogP contribution in [0.5, 0.6) is 0 Å². The topological polar surface area (TPSA) is 26.0 Å². The first-order valence-electron chi connectivity index (χ1n) is 4.38. The Balaban J connectivity index is 2.68. The number of rotatable bonds is 1. The molecule has 78 valence electrons. The third kappa shape index (κ3) is 1.85. The molecular weight excluding hydrogens is 233 g/mol. The summed E-state index contributed by atoms with van der Waals surface area (Å²) >= 11 is 7.36. The average Bonchev–Trinajstić information content (AvgIpc) is 2.58. The number of aryl methyl sites for hydroxylation is 1. The summed E-state index contributed by atoms with van der Waals surface area (Å²) in [7, 11) is 0. The molecule has 15 heavy (non-hydrogen) atoms. The lowest BCUT2D eigenvalue weighted by Gasteiger charge is -2.06. The standard InChI is InChI=1S/C11H9ClFNS/c1-6-2-3-15-11(6)8-4-7(13)5-9(12)10(8)14/h2-5H,14H2,1H3. The first-order valence-corrected chi connectivity index (χ1v) is 5.64. The molecule has 0 saturated carbocycles. The smallest absolute Gasteiger partial charge is 0.125 e. The fourth-order valence-corrected chi connectivity index (χ4v) is 2.59. The second-order valence-corrected chi connectivity index (χ2v) is 4.60. The maximum atomic E-state index is 13.2. The van der Waals surface area contributed by atoms with Crippen molar-refractivity contribution in [1.82, 2.24) is 0 Å². The van der Waals surface area contributed by atoms with Crippen LogP contribution in [-0.2, 0) is 0 Å². The molecule has 0 spiro atoms. The third-order valence-electron chi connectivity index (χ3n) is 2.20. The highest BCUT2D eigenvalue weighted by Crippen LogP contribution is 2.37. The molecule has 0 aliphatic rings. The van der Waals surface area contributed by atoms with Gasteiger partial charge in [-0.1, -0.05) is 11.6 Å². The van der Waals surface area contributed by atoms with Crippen molar-refractivity contribution in [2.24, 2.45) is 0 Å². The van der Waals surface area contributed by atoms with Gasteiger partial charge in [-0.25, -0.2) is 4.39 Å². The monoisotopic (exact) mass is 241 g/mol. The van der Waals surface area contributed by atoms with E-state index in [1.165, 1.54) is 23.5 Å². The first-order chi connectivity index (χ1) is 7.09. The van der Waals surface area contributed by atoms with Gasteiger partial charge < -0.3 is 5.73 Å². The van der Waals surface area contributed by atoms with Crippen molar-refractivity contribution in [2.75, 3.05) is 5.73 Å². The van der Waals surface area contributed by atoms with Crippen LogP contribution in [0.4, 0.5) is 10.1 Å². The lowest BCUT2D eigenvalue weighted by Crippen LogP contribution is -1.92. The maximum absolute atomic E-state index is 13.2. The first kappa shape index (κ1) is 10.5. The Kier molecular flexibility index (Phi) is 2.67. The number of anilines is 1. The number of benzene rings is 1. The van der Waals surface area contributed by atoms with Crippen LogP contribution in [-0.4, -0.2) is 0 Å². The minimum atomic E-state index is -0.364. The molecule has 1 aromatic carbocycles. The van der Waals surface area contributed by atoms with Gasteiger partial charge in [0.2, 0.25) is 0 Å². The summed E-state index contributed by atoms with van der Waals surface area (Å²) in [5, 5.41) is 2.21. The van der Waals surface area contributed by atoms with Crippen molar-refractivity contribution in [3.05, 3.63) is 40.0 Å². The predicted molar refractivity (Wildman–Crippen MR) is 63.9 cm³/mol. The van der Waals surface area contributed by atoms with Crippen LogP contribution in [0.2, 0.25) is 5.02 Å². The molecular formula is C11H9ClFNS. The molecule has 0 atom stereocenters. The van der Waals surface area contributed by atoms with Gasteiger partial charge >= 0.3 is 0 Å². The zero-order valence-corrected chi connectivity index (χ0v) is 9.62. The Hall–Kier alpha value is -1.06. The number of halogens is 2. The van der Waals surface area contributed by atoms with Gasteiger partial charge in [0, 0.05) is 10.4 Å². The van der Waals surface area contributed by atoms with Crippen molar-refractivity contribution in [1.29, 1.82) is 0 Å². The highest BCUT2D eigenvalue weighted by Gasteiger charge is 2.11. The molecule has 1 nitrogen and oxygen atoms in total.